The van der Waals surface area contributed by atoms with Gasteiger partial charge in [0.15, 0.2) is 0 Å². The van der Waals surface area contributed by atoms with Crippen LogP contribution in [0.5, 0.6) is 0 Å². The molecule has 2 aromatic rings. The van der Waals surface area contributed by atoms with Gasteiger partial charge in [-0.15, -0.1) is 0 Å². The molecule has 33 heavy (non-hydrogen) atoms. The van der Waals surface area contributed by atoms with Crippen LogP contribution in [0.15, 0.2) is 47.4 Å². The van der Waals surface area contributed by atoms with E-state index in [4.69, 9.17) is 34.8 Å². The number of nitrogens with zero attached hydrogens (tertiary/aromatic N) is 3. The van der Waals surface area contributed by atoms with Crippen LogP contribution in [0.3, 0.4) is 0 Å². The molecule has 4 rings (SSSR count). The van der Waals surface area contributed by atoms with Crippen molar-refractivity contribution in [3.63, 3.8) is 0 Å². The first-order chi connectivity index (χ1) is 15.7. The number of carbonyl (C=O) groups is 1. The Morgan fingerprint density at radius 3 is 2.09 bits per heavy atom. The zero-order chi connectivity index (χ0) is 23.6. The van der Waals surface area contributed by atoms with Gasteiger partial charge in [-0.3, -0.25) is 9.69 Å². The fourth-order valence-corrected chi connectivity index (χ4v) is 6.30. The van der Waals surface area contributed by atoms with Gasteiger partial charge in [0, 0.05) is 56.8 Å². The molecule has 1 amide bonds. The minimum atomic E-state index is -3.57. The largest absolute Gasteiger partial charge is 0.340 e. The van der Waals surface area contributed by atoms with Gasteiger partial charge in [0.1, 0.15) is 0 Å². The average Bonchev–Trinajstić information content (AvgIpc) is 2.82. The van der Waals surface area contributed by atoms with Crippen molar-refractivity contribution >= 4 is 50.7 Å². The van der Waals surface area contributed by atoms with E-state index in [0.29, 0.717) is 54.1 Å². The summed E-state index contributed by atoms with van der Waals surface area (Å²) in [5.41, 5.74) is 1.10. The summed E-state index contributed by atoms with van der Waals surface area (Å²) in [7, 11) is -3.57. The van der Waals surface area contributed by atoms with Crippen LogP contribution in [0.2, 0.25) is 15.1 Å². The van der Waals surface area contributed by atoms with E-state index in [1.54, 1.807) is 18.2 Å². The summed E-state index contributed by atoms with van der Waals surface area (Å²) in [6.45, 7) is 4.37. The molecule has 0 N–H and O–H groups in total. The van der Waals surface area contributed by atoms with E-state index in [1.807, 2.05) is 17.0 Å². The molecule has 0 bridgehead atoms. The Labute approximate surface area is 210 Å². The molecular weight excluding hydrogens is 505 g/mol. The fourth-order valence-electron chi connectivity index (χ4n) is 4.38. The normalized spacial score (nSPS) is 19.1. The maximum absolute atomic E-state index is 13.1. The molecule has 178 valence electrons. The fraction of sp³-hybridized carbons (Fsp3) is 0.435. The zero-order valence-corrected chi connectivity index (χ0v) is 21.2. The number of piperazine rings is 1. The molecule has 2 aliphatic heterocycles. The highest BCUT2D eigenvalue weighted by Crippen LogP contribution is 2.27. The third kappa shape index (κ3) is 5.84. The molecule has 2 aliphatic rings. The van der Waals surface area contributed by atoms with E-state index in [-0.39, 0.29) is 16.7 Å². The van der Waals surface area contributed by atoms with E-state index in [0.717, 1.165) is 25.2 Å². The topological polar surface area (TPSA) is 60.9 Å². The first-order valence-electron chi connectivity index (χ1n) is 10.9. The molecule has 2 saturated heterocycles. The number of piperidine rings is 1. The molecule has 0 aromatic heterocycles. The number of sulfonamides is 1. The maximum atomic E-state index is 13.1. The monoisotopic (exact) mass is 529 g/mol. The van der Waals surface area contributed by atoms with E-state index in [2.05, 4.69) is 4.90 Å². The Hall–Kier alpha value is -1.35. The number of amides is 1. The highest BCUT2D eigenvalue weighted by molar-refractivity contribution is 7.89. The van der Waals surface area contributed by atoms with E-state index in [9.17, 15) is 13.2 Å². The van der Waals surface area contributed by atoms with Crippen molar-refractivity contribution in [2.24, 2.45) is 5.92 Å². The van der Waals surface area contributed by atoms with Crippen molar-refractivity contribution in [3.8, 4) is 0 Å². The molecule has 0 aliphatic carbocycles. The van der Waals surface area contributed by atoms with Crippen LogP contribution in [0.4, 0.5) is 0 Å². The summed E-state index contributed by atoms with van der Waals surface area (Å²) >= 11 is 18.0. The highest BCUT2D eigenvalue weighted by atomic mass is 35.5. The lowest BCUT2D eigenvalue weighted by Gasteiger charge is -2.38. The number of rotatable bonds is 5. The molecule has 0 unspecified atom stereocenters. The summed E-state index contributed by atoms with van der Waals surface area (Å²) in [6, 6.07) is 11.8. The van der Waals surface area contributed by atoms with Crippen LogP contribution >= 0.6 is 34.8 Å². The number of hydrogen-bond donors (Lipinski definition) is 0. The molecule has 2 heterocycles. The third-order valence-electron chi connectivity index (χ3n) is 6.33. The van der Waals surface area contributed by atoms with Gasteiger partial charge in [-0.2, -0.15) is 4.31 Å². The number of carbonyl (C=O) groups excluding carboxylic acids is 1. The van der Waals surface area contributed by atoms with E-state index in [1.165, 1.54) is 16.4 Å². The SMILES string of the molecule is O=C(C1CCN(S(=O)(=O)c2ccc(Cl)cc2)CC1)N1CCN(Cc2ccc(Cl)c(Cl)c2)CC1. The lowest BCUT2D eigenvalue weighted by atomic mass is 9.96. The Bertz CT molecular complexity index is 1100. The van der Waals surface area contributed by atoms with Gasteiger partial charge in [-0.25, -0.2) is 8.42 Å². The van der Waals surface area contributed by atoms with Crippen LogP contribution < -0.4 is 0 Å². The summed E-state index contributed by atoms with van der Waals surface area (Å²) in [6.07, 6.45) is 1.07. The lowest BCUT2D eigenvalue weighted by Crippen LogP contribution is -2.51. The van der Waals surface area contributed by atoms with E-state index >= 15 is 0 Å². The maximum Gasteiger partial charge on any atom is 0.243 e. The first-order valence-corrected chi connectivity index (χ1v) is 13.5. The molecule has 0 spiro atoms. The molecule has 10 heteroatoms. The van der Waals surface area contributed by atoms with Crippen LogP contribution in [0.25, 0.3) is 0 Å². The second-order valence-electron chi connectivity index (χ2n) is 8.48. The summed E-state index contributed by atoms with van der Waals surface area (Å²) in [4.78, 5) is 17.5. The summed E-state index contributed by atoms with van der Waals surface area (Å²) in [5, 5.41) is 1.59. The minimum Gasteiger partial charge on any atom is -0.340 e. The zero-order valence-electron chi connectivity index (χ0n) is 18.1. The van der Waals surface area contributed by atoms with Crippen molar-refractivity contribution < 1.29 is 13.2 Å². The van der Waals surface area contributed by atoms with Gasteiger partial charge in [-0.05, 0) is 54.8 Å². The van der Waals surface area contributed by atoms with Crippen LogP contribution in [-0.2, 0) is 21.4 Å². The summed E-state index contributed by atoms with van der Waals surface area (Å²) in [5.74, 6) is -0.00369. The van der Waals surface area contributed by atoms with Gasteiger partial charge < -0.3 is 4.90 Å². The van der Waals surface area contributed by atoms with E-state index < -0.39 is 10.0 Å². The molecule has 2 aromatic carbocycles. The van der Waals surface area contributed by atoms with Gasteiger partial charge in [0.05, 0.1) is 14.9 Å². The van der Waals surface area contributed by atoms with Crippen LogP contribution in [0.1, 0.15) is 18.4 Å². The van der Waals surface area contributed by atoms with Crippen LogP contribution in [-0.4, -0.2) is 67.7 Å². The van der Waals surface area contributed by atoms with Gasteiger partial charge >= 0.3 is 0 Å². The molecular formula is C23H26Cl3N3O3S. The Morgan fingerprint density at radius 1 is 0.848 bits per heavy atom. The minimum absolute atomic E-state index is 0.132. The quantitative estimate of drug-likeness (QED) is 0.575. The average molecular weight is 531 g/mol. The van der Waals surface area contributed by atoms with Crippen molar-refractivity contribution in [1.82, 2.24) is 14.1 Å². The predicted octanol–water partition coefficient (Wildman–Crippen LogP) is 4.39. The second kappa shape index (κ2) is 10.5. The van der Waals surface area contributed by atoms with Crippen molar-refractivity contribution in [2.75, 3.05) is 39.3 Å². The Balaban J connectivity index is 1.27. The standard InChI is InChI=1S/C23H26Cl3N3O3S/c24-19-2-4-20(5-3-19)33(31,32)29-9-7-18(8-10-29)23(30)28-13-11-27(12-14-28)16-17-1-6-21(25)22(26)15-17/h1-6,15,18H,7-14,16H2. The van der Waals surface area contributed by atoms with Gasteiger partial charge in [0.2, 0.25) is 15.9 Å². The van der Waals surface area contributed by atoms with Crippen LogP contribution in [0, 0.1) is 5.92 Å². The highest BCUT2D eigenvalue weighted by Gasteiger charge is 2.34. The molecule has 0 atom stereocenters. The predicted molar refractivity (Wildman–Crippen MR) is 131 cm³/mol. The first kappa shape index (κ1) is 24.8. The van der Waals surface area contributed by atoms with Gasteiger partial charge in [-0.1, -0.05) is 40.9 Å². The molecule has 0 radical (unpaired) electrons. The third-order valence-corrected chi connectivity index (χ3v) is 9.23. The van der Waals surface area contributed by atoms with Crippen molar-refractivity contribution in [2.45, 2.75) is 24.3 Å². The molecule has 2 fully saturated rings. The van der Waals surface area contributed by atoms with Crippen molar-refractivity contribution in [1.29, 1.82) is 0 Å². The lowest BCUT2D eigenvalue weighted by molar-refractivity contribution is -0.138. The van der Waals surface area contributed by atoms with Gasteiger partial charge in [0.25, 0.3) is 0 Å². The Morgan fingerprint density at radius 2 is 1.48 bits per heavy atom. The van der Waals surface area contributed by atoms with Crippen molar-refractivity contribution in [3.05, 3.63) is 63.1 Å². The number of benzene rings is 2. The number of hydrogen-bond acceptors (Lipinski definition) is 4. The Kier molecular flexibility index (Phi) is 7.88. The molecule has 0 saturated carbocycles. The smallest absolute Gasteiger partial charge is 0.243 e. The molecule has 6 nitrogen and oxygen atoms in total. The summed E-state index contributed by atoms with van der Waals surface area (Å²) < 4.78 is 27.2. The number of halogens is 3. The second-order valence-corrected chi connectivity index (χ2v) is 11.7.